The fraction of sp³-hybridized carbons (Fsp3) is 0.105. The lowest BCUT2D eigenvalue weighted by Gasteiger charge is -2.07. The first kappa shape index (κ1) is 17.5. The SMILES string of the molecule is Cc1ccc(CNC(=O)c2cnc(Nc3ccc(F)c(F)c3)nc2)cc1. The van der Waals surface area contributed by atoms with Crippen molar-refractivity contribution in [3.63, 3.8) is 0 Å². The maximum Gasteiger partial charge on any atom is 0.254 e. The van der Waals surface area contributed by atoms with Crippen LogP contribution >= 0.6 is 0 Å². The van der Waals surface area contributed by atoms with Crippen LogP contribution in [0.15, 0.2) is 54.9 Å². The minimum absolute atomic E-state index is 0.172. The van der Waals surface area contributed by atoms with E-state index in [4.69, 9.17) is 0 Å². The summed E-state index contributed by atoms with van der Waals surface area (Å²) in [5, 5.41) is 5.53. The first-order chi connectivity index (χ1) is 12.5. The molecule has 0 spiro atoms. The standard InChI is InChI=1S/C19H16F2N4O/c1-12-2-4-13(5-3-12)9-22-18(26)14-10-23-19(24-11-14)25-15-6-7-16(20)17(21)8-15/h2-8,10-11H,9H2,1H3,(H,22,26)(H,23,24,25). The number of amides is 1. The lowest BCUT2D eigenvalue weighted by atomic mass is 10.1. The minimum atomic E-state index is -0.970. The summed E-state index contributed by atoms with van der Waals surface area (Å²) in [5.41, 5.74) is 2.74. The Labute approximate surface area is 149 Å². The van der Waals surface area contributed by atoms with Crippen molar-refractivity contribution >= 4 is 17.5 Å². The molecule has 132 valence electrons. The quantitative estimate of drug-likeness (QED) is 0.733. The molecule has 0 fully saturated rings. The topological polar surface area (TPSA) is 66.9 Å². The number of carbonyl (C=O) groups excluding carboxylic acids is 1. The Balaban J connectivity index is 1.60. The van der Waals surface area contributed by atoms with Gasteiger partial charge in [0.15, 0.2) is 11.6 Å². The Morgan fingerprint density at radius 1 is 1.00 bits per heavy atom. The summed E-state index contributed by atoms with van der Waals surface area (Å²) in [6, 6.07) is 11.2. The Morgan fingerprint density at radius 3 is 2.35 bits per heavy atom. The average molecular weight is 354 g/mol. The largest absolute Gasteiger partial charge is 0.348 e. The summed E-state index contributed by atoms with van der Waals surface area (Å²) >= 11 is 0. The molecule has 0 saturated carbocycles. The van der Waals surface area contributed by atoms with Crippen molar-refractivity contribution in [3.05, 3.63) is 83.2 Å². The van der Waals surface area contributed by atoms with Gasteiger partial charge in [0.05, 0.1) is 5.56 Å². The molecule has 3 aromatic rings. The van der Waals surface area contributed by atoms with Crippen molar-refractivity contribution in [2.24, 2.45) is 0 Å². The van der Waals surface area contributed by atoms with E-state index in [9.17, 15) is 13.6 Å². The maximum absolute atomic E-state index is 13.2. The average Bonchev–Trinajstić information content (AvgIpc) is 2.65. The van der Waals surface area contributed by atoms with Gasteiger partial charge in [-0.15, -0.1) is 0 Å². The summed E-state index contributed by atoms with van der Waals surface area (Å²) < 4.78 is 26.1. The van der Waals surface area contributed by atoms with Crippen LogP contribution in [0.5, 0.6) is 0 Å². The molecule has 0 radical (unpaired) electrons. The molecular formula is C19H16F2N4O. The first-order valence-electron chi connectivity index (χ1n) is 7.89. The van der Waals surface area contributed by atoms with Crippen molar-refractivity contribution in [2.45, 2.75) is 13.5 Å². The number of aromatic nitrogens is 2. The van der Waals surface area contributed by atoms with Gasteiger partial charge in [0.2, 0.25) is 5.95 Å². The predicted octanol–water partition coefficient (Wildman–Crippen LogP) is 3.74. The molecule has 0 aliphatic carbocycles. The van der Waals surface area contributed by atoms with E-state index in [1.807, 2.05) is 31.2 Å². The van der Waals surface area contributed by atoms with Gasteiger partial charge < -0.3 is 10.6 Å². The Bertz CT molecular complexity index is 912. The molecule has 0 bridgehead atoms. The van der Waals surface area contributed by atoms with Gasteiger partial charge in [0.1, 0.15) is 0 Å². The zero-order valence-corrected chi connectivity index (χ0v) is 14.0. The second-order valence-electron chi connectivity index (χ2n) is 5.72. The molecule has 2 aromatic carbocycles. The highest BCUT2D eigenvalue weighted by atomic mass is 19.2. The van der Waals surface area contributed by atoms with Gasteiger partial charge in [-0.05, 0) is 24.6 Å². The highest BCUT2D eigenvalue weighted by Crippen LogP contribution is 2.16. The fourth-order valence-electron chi connectivity index (χ4n) is 2.20. The van der Waals surface area contributed by atoms with Crippen LogP contribution in [0.25, 0.3) is 0 Å². The van der Waals surface area contributed by atoms with Gasteiger partial charge in [-0.2, -0.15) is 0 Å². The summed E-state index contributed by atoms with van der Waals surface area (Å²) in [6.45, 7) is 2.39. The number of carbonyl (C=O) groups is 1. The van der Waals surface area contributed by atoms with E-state index in [0.29, 0.717) is 17.8 Å². The summed E-state index contributed by atoms with van der Waals surface area (Å²) in [7, 11) is 0. The Hall–Kier alpha value is -3.35. The predicted molar refractivity (Wildman–Crippen MR) is 94.0 cm³/mol. The number of halogens is 2. The number of nitrogens with one attached hydrogen (secondary N) is 2. The molecule has 0 saturated heterocycles. The molecule has 0 aliphatic rings. The molecule has 2 N–H and O–H groups in total. The molecule has 0 aliphatic heterocycles. The third-order valence-electron chi connectivity index (χ3n) is 3.66. The highest BCUT2D eigenvalue weighted by Gasteiger charge is 2.08. The molecule has 1 amide bonds. The Morgan fingerprint density at radius 2 is 1.69 bits per heavy atom. The van der Waals surface area contributed by atoms with Gasteiger partial charge in [0.25, 0.3) is 5.91 Å². The van der Waals surface area contributed by atoms with Gasteiger partial charge >= 0.3 is 0 Å². The van der Waals surface area contributed by atoms with Crippen molar-refractivity contribution in [1.29, 1.82) is 0 Å². The molecule has 0 atom stereocenters. The van der Waals surface area contributed by atoms with E-state index in [0.717, 1.165) is 23.3 Å². The third kappa shape index (κ3) is 4.38. The lowest BCUT2D eigenvalue weighted by Crippen LogP contribution is -2.23. The highest BCUT2D eigenvalue weighted by molar-refractivity contribution is 5.93. The van der Waals surface area contributed by atoms with E-state index < -0.39 is 11.6 Å². The van der Waals surface area contributed by atoms with Gasteiger partial charge in [-0.3, -0.25) is 4.79 Å². The maximum atomic E-state index is 13.2. The number of benzene rings is 2. The normalized spacial score (nSPS) is 10.4. The van der Waals surface area contributed by atoms with Crippen molar-refractivity contribution in [3.8, 4) is 0 Å². The van der Waals surface area contributed by atoms with Gasteiger partial charge in [-0.1, -0.05) is 29.8 Å². The van der Waals surface area contributed by atoms with Crippen LogP contribution in [0.4, 0.5) is 20.4 Å². The first-order valence-corrected chi connectivity index (χ1v) is 7.89. The molecule has 1 aromatic heterocycles. The zero-order chi connectivity index (χ0) is 18.5. The van der Waals surface area contributed by atoms with Crippen LogP contribution < -0.4 is 10.6 Å². The number of aryl methyl sites for hydroxylation is 1. The van der Waals surface area contributed by atoms with Crippen LogP contribution in [0, 0.1) is 18.6 Å². The summed E-state index contributed by atoms with van der Waals surface area (Å²) in [5.74, 6) is -2.03. The van der Waals surface area contributed by atoms with E-state index >= 15 is 0 Å². The van der Waals surface area contributed by atoms with Crippen molar-refractivity contribution in [1.82, 2.24) is 15.3 Å². The number of anilines is 2. The zero-order valence-electron chi connectivity index (χ0n) is 14.0. The molecule has 26 heavy (non-hydrogen) atoms. The van der Waals surface area contributed by atoms with E-state index in [1.165, 1.54) is 18.5 Å². The van der Waals surface area contributed by atoms with Crippen LogP contribution in [0.1, 0.15) is 21.5 Å². The number of rotatable bonds is 5. The fourth-order valence-corrected chi connectivity index (χ4v) is 2.20. The second kappa shape index (κ2) is 7.69. The van der Waals surface area contributed by atoms with Crippen molar-refractivity contribution < 1.29 is 13.6 Å². The molecule has 3 rings (SSSR count). The third-order valence-corrected chi connectivity index (χ3v) is 3.66. The summed E-state index contributed by atoms with van der Waals surface area (Å²) in [6.07, 6.45) is 2.72. The number of nitrogens with zero attached hydrogens (tertiary/aromatic N) is 2. The number of hydrogen-bond acceptors (Lipinski definition) is 4. The van der Waals surface area contributed by atoms with Gasteiger partial charge in [-0.25, -0.2) is 18.7 Å². The summed E-state index contributed by atoms with van der Waals surface area (Å²) in [4.78, 5) is 20.2. The lowest BCUT2D eigenvalue weighted by molar-refractivity contribution is 0.0950. The number of hydrogen-bond donors (Lipinski definition) is 2. The van der Waals surface area contributed by atoms with Crippen molar-refractivity contribution in [2.75, 3.05) is 5.32 Å². The van der Waals surface area contributed by atoms with E-state index in [1.54, 1.807) is 0 Å². The van der Waals surface area contributed by atoms with Crippen LogP contribution in [-0.2, 0) is 6.54 Å². The monoisotopic (exact) mass is 354 g/mol. The smallest absolute Gasteiger partial charge is 0.254 e. The van der Waals surface area contributed by atoms with Gasteiger partial charge in [0, 0.05) is 30.7 Å². The Kier molecular flexibility index (Phi) is 5.17. The molecular weight excluding hydrogens is 338 g/mol. The van der Waals surface area contributed by atoms with Crippen LogP contribution in [-0.4, -0.2) is 15.9 Å². The molecule has 1 heterocycles. The van der Waals surface area contributed by atoms with Crippen LogP contribution in [0.3, 0.4) is 0 Å². The second-order valence-corrected chi connectivity index (χ2v) is 5.72. The molecule has 0 unspecified atom stereocenters. The molecule has 5 nitrogen and oxygen atoms in total. The minimum Gasteiger partial charge on any atom is -0.348 e. The van der Waals surface area contributed by atoms with Crippen LogP contribution in [0.2, 0.25) is 0 Å². The molecule has 7 heteroatoms. The van der Waals surface area contributed by atoms with E-state index in [2.05, 4.69) is 20.6 Å². The van der Waals surface area contributed by atoms with E-state index in [-0.39, 0.29) is 11.9 Å².